The van der Waals surface area contributed by atoms with Gasteiger partial charge in [0, 0.05) is 13.8 Å². The highest BCUT2D eigenvalue weighted by molar-refractivity contribution is 6.26. The van der Waals surface area contributed by atoms with Gasteiger partial charge in [0.25, 0.3) is 0 Å². The number of ether oxygens (including phenoxy) is 19. The first kappa shape index (κ1) is 89.9. The lowest BCUT2D eigenvalue weighted by molar-refractivity contribution is -0.346. The van der Waals surface area contributed by atoms with Crippen LogP contribution < -0.4 is 0 Å². The number of carbonyl (C=O) groups is 12. The summed E-state index contributed by atoms with van der Waals surface area (Å²) in [6, 6.07) is 58.8. The van der Waals surface area contributed by atoms with Crippen molar-refractivity contribution in [1.82, 2.24) is 0 Å². The Bertz CT molecular complexity index is 4910. The number of carbonyl (C=O) groups excluding carboxylic acids is 12. The molecule has 8 aromatic rings. The third kappa shape index (κ3) is 23.7. The molecule has 0 amide bonds. The number of hydrogen-bond acceptors (Lipinski definition) is 33. The Morgan fingerprint density at radius 3 is 0.756 bits per heavy atom. The molecule has 4 aliphatic rings. The Labute approximate surface area is 711 Å². The molecule has 35 heteroatoms. The molecule has 0 saturated carbocycles. The van der Waals surface area contributed by atoms with E-state index in [2.05, 4.69) is 0 Å². The number of hydrogen-bond donors (Lipinski definition) is 2. The zero-order chi connectivity index (χ0) is 87.1. The fourth-order valence-corrected chi connectivity index (χ4v) is 13.6. The minimum absolute atomic E-state index is 0.0330. The summed E-state index contributed by atoms with van der Waals surface area (Å²) < 4.78 is 118. The van der Waals surface area contributed by atoms with Crippen molar-refractivity contribution in [1.29, 1.82) is 0 Å². The molecule has 0 aromatic heterocycles. The van der Waals surface area contributed by atoms with E-state index in [1.807, 2.05) is 0 Å². The molecule has 8 aromatic carbocycles. The molecule has 4 saturated heterocycles. The van der Waals surface area contributed by atoms with Crippen LogP contribution in [0.25, 0.3) is 0 Å². The second-order valence-electron chi connectivity index (χ2n) is 27.6. The Balaban J connectivity index is 0.965. The first-order chi connectivity index (χ1) is 59.5. The number of rotatable bonds is 32. The zero-order valence-electron chi connectivity index (χ0n) is 65.2. The van der Waals surface area contributed by atoms with Crippen LogP contribution in [0, 0.1) is 0 Å². The van der Waals surface area contributed by atoms with E-state index in [4.69, 9.17) is 113 Å². The lowest BCUT2D eigenvalue weighted by Gasteiger charge is -2.47. The molecular formula is C88H80Cl2O33. The first-order valence-electron chi connectivity index (χ1n) is 38.2. The van der Waals surface area contributed by atoms with Gasteiger partial charge in [-0.15, -0.1) is 23.2 Å². The van der Waals surface area contributed by atoms with Gasteiger partial charge in [0.15, 0.2) is 92.3 Å². The van der Waals surface area contributed by atoms with E-state index in [0.717, 1.165) is 13.8 Å². The van der Waals surface area contributed by atoms with Gasteiger partial charge >= 0.3 is 71.6 Å². The molecule has 2 N–H and O–H groups in total. The van der Waals surface area contributed by atoms with E-state index in [-0.39, 0.29) is 44.5 Å². The molecule has 123 heavy (non-hydrogen) atoms. The lowest BCUT2D eigenvalue weighted by Crippen LogP contribution is -2.66. The number of esters is 12. The summed E-state index contributed by atoms with van der Waals surface area (Å²) in [4.78, 5) is 170. The molecule has 0 unspecified atom stereocenters. The molecular weight excluding hydrogens is 1660 g/mol. The van der Waals surface area contributed by atoms with Gasteiger partial charge in [-0.05, 0) is 97.1 Å². The van der Waals surface area contributed by atoms with Crippen LogP contribution in [-0.4, -0.2) is 243 Å². The third-order valence-corrected chi connectivity index (χ3v) is 19.6. The maximum absolute atomic E-state index is 14.9. The van der Waals surface area contributed by atoms with Gasteiger partial charge < -0.3 is 100 Å². The van der Waals surface area contributed by atoms with Gasteiger partial charge in [-0.3, -0.25) is 19.2 Å². The molecule has 33 nitrogen and oxygen atoms in total. The predicted octanol–water partition coefficient (Wildman–Crippen LogP) is 7.89. The predicted molar refractivity (Wildman–Crippen MR) is 419 cm³/mol. The van der Waals surface area contributed by atoms with E-state index < -0.39 is 233 Å². The molecule has 0 radical (unpaired) electrons. The molecule has 12 rings (SSSR count). The molecule has 0 aliphatic carbocycles. The normalized spacial score (nSPS) is 25.9. The summed E-state index contributed by atoms with van der Waals surface area (Å²) in [5.74, 6) is -15.1. The SMILES string of the molecule is CC(=O)O[C@@H]1[C@@H](OC[C@H]2O[C@H](OC[C@H]3O[C@H](OC[C@H]4O[C@H](O)[C@@H](OC(=O)CCl)[C@@H](OC(=O)c5ccccc5)[C@@H]4O)[C@@H](OC(C)=O)[C@@H](OC(=O)c4ccccc4)[C@@H]3OC(=O)c3ccccc3)[C@@H](OC(=O)CCl)[C@@H](OC(=O)c3ccccc3)[C@@H]2OC(=O)c2ccccc2)O[C@H](COC(=O)c2ccccc2)[C@@H](OC(=O)c2ccccc2)[C@@H]1OC(=O)c1ccccc1. The van der Waals surface area contributed by atoms with Crippen molar-refractivity contribution in [2.45, 2.75) is 137 Å². The third-order valence-electron chi connectivity index (χ3n) is 19.2. The topological polar surface area (TPSA) is 421 Å². The number of alkyl halides is 2. The van der Waals surface area contributed by atoms with Crippen LogP contribution in [-0.2, 0) is 109 Å². The van der Waals surface area contributed by atoms with Gasteiger partial charge in [0.2, 0.25) is 0 Å². The average Bonchev–Trinajstić information content (AvgIpc) is 0.775. The molecule has 0 bridgehead atoms. The van der Waals surface area contributed by atoms with Crippen LogP contribution >= 0.6 is 23.2 Å². The highest BCUT2D eigenvalue weighted by Gasteiger charge is 2.60. The van der Waals surface area contributed by atoms with Crippen molar-refractivity contribution >= 4 is 94.8 Å². The monoisotopic (exact) mass is 1730 g/mol. The summed E-state index contributed by atoms with van der Waals surface area (Å²) >= 11 is 12.0. The minimum atomic E-state index is -2.28. The largest absolute Gasteiger partial charge is 0.459 e. The van der Waals surface area contributed by atoms with E-state index in [9.17, 15) is 67.7 Å². The number of aliphatic hydroxyl groups excluding tert-OH is 2. The molecule has 4 fully saturated rings. The average molecular weight is 1740 g/mol. The van der Waals surface area contributed by atoms with E-state index in [1.165, 1.54) is 182 Å². The highest BCUT2D eigenvalue weighted by Crippen LogP contribution is 2.39. The summed E-state index contributed by atoms with van der Waals surface area (Å²) in [5, 5.41) is 23.7. The second-order valence-corrected chi connectivity index (χ2v) is 28.2. The van der Waals surface area contributed by atoms with E-state index in [0.29, 0.717) is 0 Å². The lowest BCUT2D eigenvalue weighted by atomic mass is 9.96. The Kier molecular flexibility index (Phi) is 31.7. The van der Waals surface area contributed by atoms with Crippen molar-refractivity contribution in [3.05, 3.63) is 287 Å². The van der Waals surface area contributed by atoms with Gasteiger partial charge in [-0.1, -0.05) is 146 Å². The van der Waals surface area contributed by atoms with Gasteiger partial charge in [-0.2, -0.15) is 0 Å². The number of benzene rings is 8. The Hall–Kier alpha value is -12.4. The van der Waals surface area contributed by atoms with Crippen molar-refractivity contribution in [3.63, 3.8) is 0 Å². The molecule has 0 spiro atoms. The van der Waals surface area contributed by atoms with Crippen molar-refractivity contribution in [2.24, 2.45) is 0 Å². The van der Waals surface area contributed by atoms with E-state index >= 15 is 0 Å². The minimum Gasteiger partial charge on any atom is -0.459 e. The van der Waals surface area contributed by atoms with Crippen molar-refractivity contribution < 1.29 is 158 Å². The summed E-state index contributed by atoms with van der Waals surface area (Å²) in [7, 11) is 0. The van der Waals surface area contributed by atoms with Crippen LogP contribution in [0.5, 0.6) is 0 Å². The Morgan fingerprint density at radius 1 is 0.260 bits per heavy atom. The van der Waals surface area contributed by atoms with E-state index in [1.54, 1.807) is 60.7 Å². The number of aliphatic hydroxyl groups is 2. The smallest absolute Gasteiger partial charge is 0.338 e. The van der Waals surface area contributed by atoms with Crippen LogP contribution in [0.15, 0.2) is 243 Å². The fourth-order valence-electron chi connectivity index (χ4n) is 13.4. The maximum Gasteiger partial charge on any atom is 0.338 e. The van der Waals surface area contributed by atoms with Crippen LogP contribution in [0.1, 0.15) is 96.7 Å². The van der Waals surface area contributed by atoms with Gasteiger partial charge in [0.1, 0.15) is 48.9 Å². The molecule has 20 atom stereocenters. The fraction of sp³-hybridized carbons (Fsp3) is 0.318. The summed E-state index contributed by atoms with van der Waals surface area (Å²) in [6.07, 6.45) is -41.0. The van der Waals surface area contributed by atoms with Crippen LogP contribution in [0.4, 0.5) is 0 Å². The molecule has 4 heterocycles. The molecule has 644 valence electrons. The number of halogens is 2. The second kappa shape index (κ2) is 43.4. The van der Waals surface area contributed by atoms with Gasteiger partial charge in [-0.25, -0.2) is 38.4 Å². The van der Waals surface area contributed by atoms with Gasteiger partial charge in [0.05, 0.1) is 64.3 Å². The quantitative estimate of drug-likeness (QED) is 0.0230. The zero-order valence-corrected chi connectivity index (χ0v) is 66.7. The summed E-state index contributed by atoms with van der Waals surface area (Å²) in [6.45, 7) is -2.08. The highest BCUT2D eigenvalue weighted by atomic mass is 35.5. The molecule has 4 aliphatic heterocycles. The van der Waals surface area contributed by atoms with Crippen molar-refractivity contribution in [2.75, 3.05) is 38.2 Å². The van der Waals surface area contributed by atoms with Crippen LogP contribution in [0.2, 0.25) is 0 Å². The first-order valence-corrected chi connectivity index (χ1v) is 39.3. The standard InChI is InChI=1S/C88H80Cl2O33/c1-49(91)109-74-71(122-83(102)57-39-23-9-24-40-57)67(118-79(98)53-31-15-5-16-32-53)61(113-86(74)106-45-59-65(95)69(73(85(104)111-59)115-63(93)43-89)120-81(100)55-35-19-7-20-36-55)48-108-88-76(116-64(94)44-90)72(123-84(103)58-41-25-10-26-42-58)68(119-80(99)54-33-17-6-18-34-54)62(114-88)47-107-87-75(110-50(2)92)70(121-82(101)56-37-21-8-22-38-56)66(117-78(97)52-29-13-4-14-30-52)60(112-87)46-105-77(96)51-27-11-3-12-28-51/h3-42,59-62,65-76,85-88,95,104H,43-48H2,1-2H3/t59-,60-,61-,62-,65-,66-,67-,68-,69+,70+,71+,72+,73+,74+,75+,76+,85+,86+,87+,88+/m1/s1. The van der Waals surface area contributed by atoms with Crippen molar-refractivity contribution in [3.8, 4) is 0 Å². The maximum atomic E-state index is 14.9. The summed E-state index contributed by atoms with van der Waals surface area (Å²) in [5.41, 5.74) is -0.634. The Morgan fingerprint density at radius 2 is 0.488 bits per heavy atom. The van der Waals surface area contributed by atoms with Crippen LogP contribution in [0.3, 0.4) is 0 Å².